The minimum Gasteiger partial charge on any atom is -0.465 e. The molecule has 0 heterocycles. The third-order valence-corrected chi connectivity index (χ3v) is 2.55. The van der Waals surface area contributed by atoms with E-state index in [9.17, 15) is 4.79 Å². The molecule has 0 bridgehead atoms. The SMILES string of the molecule is CC.COC(=O)c1cc(C)ccc1OC(=S)N(C)C. The highest BCUT2D eigenvalue weighted by Gasteiger charge is 2.15. The summed E-state index contributed by atoms with van der Waals surface area (Å²) in [7, 11) is 4.88. The topological polar surface area (TPSA) is 38.8 Å². The summed E-state index contributed by atoms with van der Waals surface area (Å²) in [6, 6.07) is 5.26. The number of thiocarbonyl (C=S) groups is 1. The third kappa shape index (κ3) is 5.26. The molecule has 106 valence electrons. The number of hydrogen-bond donors (Lipinski definition) is 0. The highest BCUT2D eigenvalue weighted by Crippen LogP contribution is 2.21. The first kappa shape index (κ1) is 17.4. The van der Waals surface area contributed by atoms with Crippen molar-refractivity contribution in [1.29, 1.82) is 0 Å². The molecule has 0 aliphatic carbocycles. The molecule has 0 aliphatic rings. The van der Waals surface area contributed by atoms with Crippen LogP contribution in [0, 0.1) is 6.92 Å². The molecule has 0 aliphatic heterocycles. The first-order chi connectivity index (χ1) is 8.95. The third-order valence-electron chi connectivity index (χ3n) is 2.10. The molecule has 0 radical (unpaired) electrons. The van der Waals surface area contributed by atoms with Gasteiger partial charge in [-0.1, -0.05) is 19.9 Å². The second-order valence-corrected chi connectivity index (χ2v) is 4.10. The summed E-state index contributed by atoms with van der Waals surface area (Å²) in [6.45, 7) is 5.89. The number of aryl methyl sites for hydroxylation is 1. The van der Waals surface area contributed by atoms with Crippen LogP contribution in [0.25, 0.3) is 0 Å². The molecular formula is C14H21NO3S. The van der Waals surface area contributed by atoms with Gasteiger partial charge in [0.1, 0.15) is 11.3 Å². The normalized spacial score (nSPS) is 8.95. The maximum absolute atomic E-state index is 11.6. The average Bonchev–Trinajstić information content (AvgIpc) is 2.41. The van der Waals surface area contributed by atoms with E-state index in [0.717, 1.165) is 5.56 Å². The van der Waals surface area contributed by atoms with Gasteiger partial charge in [0.2, 0.25) is 0 Å². The number of esters is 1. The van der Waals surface area contributed by atoms with Crippen molar-refractivity contribution < 1.29 is 14.3 Å². The number of nitrogens with zero attached hydrogens (tertiary/aromatic N) is 1. The number of ether oxygens (including phenoxy) is 2. The smallest absolute Gasteiger partial charge is 0.341 e. The van der Waals surface area contributed by atoms with Crippen LogP contribution in [-0.4, -0.2) is 37.2 Å². The van der Waals surface area contributed by atoms with Gasteiger partial charge < -0.3 is 14.4 Å². The summed E-state index contributed by atoms with van der Waals surface area (Å²) in [5.74, 6) is -0.0357. The standard InChI is InChI=1S/C12H15NO3S.C2H6/c1-8-5-6-10(16-12(17)13(2)3)9(7-8)11(14)15-4;1-2/h5-7H,1-4H3;1-2H3. The number of hydrogen-bond acceptors (Lipinski definition) is 4. The van der Waals surface area contributed by atoms with E-state index in [-0.39, 0.29) is 0 Å². The minimum atomic E-state index is -0.440. The number of benzene rings is 1. The molecule has 0 fully saturated rings. The number of carbonyl (C=O) groups excluding carboxylic acids is 1. The largest absolute Gasteiger partial charge is 0.465 e. The number of carbonyl (C=O) groups is 1. The number of methoxy groups -OCH3 is 1. The lowest BCUT2D eigenvalue weighted by atomic mass is 10.1. The zero-order valence-electron chi connectivity index (χ0n) is 12.3. The van der Waals surface area contributed by atoms with E-state index >= 15 is 0 Å². The van der Waals surface area contributed by atoms with Gasteiger partial charge in [0.15, 0.2) is 0 Å². The van der Waals surface area contributed by atoms with Crippen molar-refractivity contribution in [2.24, 2.45) is 0 Å². The minimum absolute atomic E-state index is 0.291. The Balaban J connectivity index is 0.00000154. The van der Waals surface area contributed by atoms with Gasteiger partial charge in [0.05, 0.1) is 7.11 Å². The molecule has 5 heteroatoms. The highest BCUT2D eigenvalue weighted by molar-refractivity contribution is 7.80. The lowest BCUT2D eigenvalue weighted by Crippen LogP contribution is -2.25. The first-order valence-electron chi connectivity index (χ1n) is 6.03. The molecule has 1 aromatic rings. The van der Waals surface area contributed by atoms with Crippen molar-refractivity contribution in [2.45, 2.75) is 20.8 Å². The molecule has 0 amide bonds. The molecule has 0 unspecified atom stereocenters. The molecule has 1 aromatic carbocycles. The van der Waals surface area contributed by atoms with Crippen LogP contribution in [0.2, 0.25) is 0 Å². The maximum atomic E-state index is 11.6. The van der Waals surface area contributed by atoms with E-state index in [1.807, 2.05) is 26.8 Å². The Bertz CT molecular complexity index is 444. The molecule has 0 spiro atoms. The van der Waals surface area contributed by atoms with E-state index in [1.165, 1.54) is 7.11 Å². The molecule has 19 heavy (non-hydrogen) atoms. The fourth-order valence-corrected chi connectivity index (χ4v) is 1.28. The highest BCUT2D eigenvalue weighted by atomic mass is 32.1. The van der Waals surface area contributed by atoms with Crippen LogP contribution in [-0.2, 0) is 4.74 Å². The fourth-order valence-electron chi connectivity index (χ4n) is 1.19. The predicted octanol–water partition coefficient (Wildman–Crippen LogP) is 3.03. The first-order valence-corrected chi connectivity index (χ1v) is 6.44. The molecule has 4 nitrogen and oxygen atoms in total. The van der Waals surface area contributed by atoms with Crippen LogP contribution in [0.15, 0.2) is 18.2 Å². The van der Waals surface area contributed by atoms with Gasteiger partial charge >= 0.3 is 5.97 Å². The summed E-state index contributed by atoms with van der Waals surface area (Å²) in [5, 5.41) is 0.291. The Morgan fingerprint density at radius 3 is 2.32 bits per heavy atom. The monoisotopic (exact) mass is 283 g/mol. The van der Waals surface area contributed by atoms with E-state index in [0.29, 0.717) is 16.5 Å². The summed E-state index contributed by atoms with van der Waals surface area (Å²) >= 11 is 5.03. The quantitative estimate of drug-likeness (QED) is 0.616. The van der Waals surface area contributed by atoms with Crippen LogP contribution in [0.1, 0.15) is 29.8 Å². The Labute approximate surface area is 120 Å². The van der Waals surface area contributed by atoms with E-state index in [1.54, 1.807) is 31.1 Å². The fraction of sp³-hybridized carbons (Fsp3) is 0.429. The van der Waals surface area contributed by atoms with Crippen molar-refractivity contribution in [2.75, 3.05) is 21.2 Å². The predicted molar refractivity (Wildman–Crippen MR) is 80.8 cm³/mol. The zero-order chi connectivity index (χ0) is 15.0. The van der Waals surface area contributed by atoms with Gasteiger partial charge in [-0.25, -0.2) is 4.79 Å². The maximum Gasteiger partial charge on any atom is 0.341 e. The Hall–Kier alpha value is -1.62. The van der Waals surface area contributed by atoms with Crippen LogP contribution < -0.4 is 4.74 Å². The lowest BCUT2D eigenvalue weighted by Gasteiger charge is -2.16. The van der Waals surface area contributed by atoms with Crippen molar-refractivity contribution in [3.63, 3.8) is 0 Å². The van der Waals surface area contributed by atoms with E-state index < -0.39 is 5.97 Å². The Morgan fingerprint density at radius 1 is 1.26 bits per heavy atom. The van der Waals surface area contributed by atoms with Gasteiger partial charge in [-0.3, -0.25) is 0 Å². The van der Waals surface area contributed by atoms with Crippen LogP contribution in [0.4, 0.5) is 0 Å². The van der Waals surface area contributed by atoms with Crippen molar-refractivity contribution >= 4 is 23.4 Å². The van der Waals surface area contributed by atoms with Gasteiger partial charge in [0.25, 0.3) is 5.17 Å². The molecular weight excluding hydrogens is 262 g/mol. The average molecular weight is 283 g/mol. The Kier molecular flexibility index (Phi) is 7.75. The molecule has 0 saturated heterocycles. The zero-order valence-corrected chi connectivity index (χ0v) is 13.1. The van der Waals surface area contributed by atoms with Crippen LogP contribution in [0.5, 0.6) is 5.75 Å². The molecule has 0 N–H and O–H groups in total. The van der Waals surface area contributed by atoms with Gasteiger partial charge in [-0.15, -0.1) is 0 Å². The van der Waals surface area contributed by atoms with Crippen LogP contribution in [0.3, 0.4) is 0 Å². The van der Waals surface area contributed by atoms with Gasteiger partial charge in [-0.05, 0) is 36.8 Å². The Morgan fingerprint density at radius 2 is 1.84 bits per heavy atom. The molecule has 0 saturated carbocycles. The van der Waals surface area contributed by atoms with E-state index in [4.69, 9.17) is 21.7 Å². The van der Waals surface area contributed by atoms with Crippen molar-refractivity contribution in [1.82, 2.24) is 4.90 Å². The molecule has 1 rings (SSSR count). The van der Waals surface area contributed by atoms with Gasteiger partial charge in [0, 0.05) is 14.1 Å². The number of rotatable bonds is 2. The van der Waals surface area contributed by atoms with Crippen LogP contribution >= 0.6 is 12.2 Å². The van der Waals surface area contributed by atoms with Crippen molar-refractivity contribution in [3.8, 4) is 5.75 Å². The summed E-state index contributed by atoms with van der Waals surface area (Å²) in [4.78, 5) is 13.2. The summed E-state index contributed by atoms with van der Waals surface area (Å²) in [5.41, 5.74) is 1.32. The second-order valence-electron chi connectivity index (χ2n) is 3.75. The second kappa shape index (κ2) is 8.48. The summed E-state index contributed by atoms with van der Waals surface area (Å²) < 4.78 is 10.1. The van der Waals surface area contributed by atoms with E-state index in [2.05, 4.69) is 0 Å². The molecule has 0 aromatic heterocycles. The lowest BCUT2D eigenvalue weighted by molar-refractivity contribution is 0.0598. The molecule has 0 atom stereocenters. The van der Waals surface area contributed by atoms with Crippen molar-refractivity contribution in [3.05, 3.63) is 29.3 Å². The van der Waals surface area contributed by atoms with Gasteiger partial charge in [-0.2, -0.15) is 0 Å². The summed E-state index contributed by atoms with van der Waals surface area (Å²) in [6.07, 6.45) is 0.